The van der Waals surface area contributed by atoms with E-state index in [4.69, 9.17) is 99.3 Å². The second-order valence-electron chi connectivity index (χ2n) is 21.7. The molecule has 0 aliphatic carbocycles. The van der Waals surface area contributed by atoms with Gasteiger partial charge in [-0.15, -0.1) is 46.4 Å². The molecule has 12 aromatic heterocycles. The summed E-state index contributed by atoms with van der Waals surface area (Å²) in [6, 6.07) is 31.8. The van der Waals surface area contributed by atoms with Gasteiger partial charge in [0, 0.05) is 11.9 Å². The number of rotatable bonds is 10. The second-order valence-corrected chi connectivity index (χ2v) is 37.0. The zero-order valence-electron chi connectivity index (χ0n) is 61.6. The molecule has 0 spiro atoms. The van der Waals surface area contributed by atoms with E-state index < -0.39 is 4.01 Å². The molecule has 15 rings (SSSR count). The fourth-order valence-corrected chi connectivity index (χ4v) is 16.6. The van der Waals surface area contributed by atoms with Crippen LogP contribution in [0, 0.1) is 0 Å². The third-order valence-corrected chi connectivity index (χ3v) is 25.6. The van der Waals surface area contributed by atoms with E-state index >= 15 is 0 Å². The van der Waals surface area contributed by atoms with Crippen LogP contribution in [-0.2, 0) is 47.7 Å². The number of nitrogens with two attached hydrogens (primary N) is 12. The number of benzene rings is 3. The van der Waals surface area contributed by atoms with Crippen molar-refractivity contribution in [3.8, 4) is 0 Å². The maximum atomic E-state index is 8.83. The molecule has 0 atom stereocenters. The number of anilines is 12. The van der Waals surface area contributed by atoms with E-state index in [2.05, 4.69) is 262 Å². The van der Waals surface area contributed by atoms with Crippen LogP contribution < -0.4 is 120 Å². The Morgan fingerprint density at radius 2 is 0.538 bits per heavy atom. The molecule has 51 heteroatoms. The summed E-state index contributed by atoms with van der Waals surface area (Å²) in [5.74, 6) is 1.80. The molecule has 28 N–H and O–H groups in total. The van der Waals surface area contributed by atoms with E-state index in [-0.39, 0.29) is 187 Å². The smallest absolute Gasteiger partial charge is 0.662 e. The first-order valence-electron chi connectivity index (χ1n) is 32.3. The van der Waals surface area contributed by atoms with Crippen molar-refractivity contribution in [3.63, 3.8) is 0 Å². The first kappa shape index (κ1) is 102. The molecular weight excluding hydrogens is 1900 g/mol. The van der Waals surface area contributed by atoms with Crippen LogP contribution in [0.25, 0.3) is 67.0 Å². The number of nitrogen functional groups attached to an aromatic ring is 12. The van der Waals surface area contributed by atoms with Gasteiger partial charge in [-0.2, -0.15) is 59.8 Å². The maximum Gasteiger partial charge on any atom is 1.00 e. The minimum atomic E-state index is -2.75. The van der Waals surface area contributed by atoms with Gasteiger partial charge in [-0.3, -0.25) is 4.79 Å². The van der Waals surface area contributed by atoms with Crippen molar-refractivity contribution in [3.05, 3.63) is 162 Å². The average molecular weight is 1980 g/mol. The van der Waals surface area contributed by atoms with Crippen LogP contribution in [0.1, 0.15) is 62.4 Å². The van der Waals surface area contributed by atoms with Gasteiger partial charge in [-0.05, 0) is 19.8 Å². The number of carbonyl (C=O) groups excluding carboxylic acids is 1. The van der Waals surface area contributed by atoms with E-state index in [1.807, 2.05) is 13.8 Å². The Morgan fingerprint density at radius 3 is 0.718 bits per heavy atom. The maximum absolute atomic E-state index is 8.83. The standard InChI is InChI=1S/C18H15Br2P.2C8H10N6.C7H7BrN6.3C7H8N6O.C2H6O.CH2O3.CH4.2BrH.ClH.Na/c19-21(20,16-10-4-1-5-11-16,17-12-6-2-7-13-17)18-14-8-3-9-15-18;2*1-2-4-3-11-7-5(12-4)6(9)13-8(10)14-7;8-1-3-2-11-6-4(12-3)5(9)13-7(10)14-6;3*8-5-4-6(13-7(9)12-5)10-1-3(2-14)11-4;1-2-3;2-1-4-3;;;;;/h1-15H;2*3H,2H2,1H3,(H4,9,10,11,13,14);2H,1H2,(H4,9,10,11,13,14);3*1,14H,2H2,(H4,8,9,10,12,13);3H,2H2,1H3;1,3H;1H4;3*1H;/q;;;;;;;;;;;;;+1/p-1. The number of aryl methyl sites for hydroxylation is 2. The molecule has 0 radical (unpaired) electrons. The van der Waals surface area contributed by atoms with Gasteiger partial charge in [0.05, 0.1) is 91.2 Å². The van der Waals surface area contributed by atoms with Gasteiger partial charge in [0.2, 0.25) is 35.7 Å². The molecule has 0 unspecified atom stereocenters. The topological polar surface area (TPSA) is 752 Å². The summed E-state index contributed by atoms with van der Waals surface area (Å²) < 4.78 is -2.75. The SMILES string of the molecule is Br.Br.BrP(Br)(c1ccccc1)(c1ccccc1)c1ccccc1.C.CCO.CCc1cnc2nc(N)nc(N)c2n1.CCc1cnc2nc(N)nc(N)c2n1.Cl.Nc1nc(N)c2nc(CBr)cnc2n1.Nc1nc(N)c2nc(CO)cnc2n1.Nc1nc(N)c2nc(CO)cnc2n1.Nc1nc(N)c2nc(CO)cnc2n1.O=CO[O-].[Na+]. The van der Waals surface area contributed by atoms with Crippen molar-refractivity contribution in [1.82, 2.24) is 120 Å². The van der Waals surface area contributed by atoms with Crippen LogP contribution in [0.2, 0.25) is 0 Å². The van der Waals surface area contributed by atoms with E-state index in [0.29, 0.717) is 89.4 Å². The van der Waals surface area contributed by atoms with Crippen molar-refractivity contribution >= 4 is 257 Å². The van der Waals surface area contributed by atoms with E-state index in [9.17, 15) is 0 Å². The van der Waals surface area contributed by atoms with E-state index in [1.54, 1.807) is 25.5 Å². The molecule has 15 aromatic rings. The molecule has 0 saturated heterocycles. The Hall–Kier alpha value is -10.8. The third kappa shape index (κ3) is 27.9. The van der Waals surface area contributed by atoms with Crippen LogP contribution in [0.15, 0.2) is 128 Å². The fraction of sp³-hybridized carbons (Fsp3) is 0.167. The summed E-state index contributed by atoms with van der Waals surface area (Å²) in [6.07, 6.45) is 10.8. The Labute approximate surface area is 739 Å². The van der Waals surface area contributed by atoms with Gasteiger partial charge >= 0.3 is 171 Å². The molecule has 117 heavy (non-hydrogen) atoms. The summed E-state index contributed by atoms with van der Waals surface area (Å²) in [6.45, 7) is 5.13. The normalized spacial score (nSPS) is 10.4. The molecule has 43 nitrogen and oxygen atoms in total. The largest absolute Gasteiger partial charge is 1.00 e. The number of hydrogen-bond acceptors (Lipinski definition) is 43. The van der Waals surface area contributed by atoms with Crippen molar-refractivity contribution in [2.45, 2.75) is 66.2 Å². The van der Waals surface area contributed by atoms with E-state index in [0.717, 1.165) is 29.9 Å². The van der Waals surface area contributed by atoms with Gasteiger partial charge in [-0.1, -0.05) is 37.2 Å². The fourth-order valence-electron chi connectivity index (χ4n) is 9.05. The Morgan fingerprint density at radius 1 is 0.359 bits per heavy atom. The van der Waals surface area contributed by atoms with Gasteiger partial charge in [-0.25, -0.2) is 59.8 Å². The average Bonchev–Trinajstić information content (AvgIpc) is 0.717. The number of halogens is 6. The van der Waals surface area contributed by atoms with Crippen molar-refractivity contribution in [2.24, 2.45) is 0 Å². The number of alkyl halides is 1. The first-order chi connectivity index (χ1) is 53.7. The molecular formula is C66H80Br5ClN36NaO7P. The first-order valence-corrected chi connectivity index (χ1v) is 39.7. The van der Waals surface area contributed by atoms with Crippen molar-refractivity contribution in [2.75, 3.05) is 75.4 Å². The molecule has 0 saturated carbocycles. The van der Waals surface area contributed by atoms with Crippen molar-refractivity contribution in [1.29, 1.82) is 0 Å². The minimum Gasteiger partial charge on any atom is -0.662 e. The Bertz CT molecular complexity index is 4880. The molecule has 0 amide bonds. The summed E-state index contributed by atoms with van der Waals surface area (Å²) in [5, 5.41) is 46.9. The van der Waals surface area contributed by atoms with Gasteiger partial charge < -0.3 is 99.4 Å². The minimum absolute atomic E-state index is 0. The molecule has 3 aromatic carbocycles. The molecule has 12 heterocycles. The third-order valence-electron chi connectivity index (χ3n) is 14.0. The molecule has 0 aliphatic heterocycles. The number of aliphatic hydroxyl groups is 4. The summed E-state index contributed by atoms with van der Waals surface area (Å²) >= 11 is 11.6. The quantitative estimate of drug-likeness (QED) is 0.0225. The number of carbonyl (C=O) groups is 1. The molecule has 614 valence electrons. The number of hydrogen-bond donors (Lipinski definition) is 16. The predicted molar refractivity (Wildman–Crippen MR) is 470 cm³/mol. The zero-order chi connectivity index (χ0) is 81.7. The van der Waals surface area contributed by atoms with Crippen LogP contribution in [0.5, 0.6) is 0 Å². The van der Waals surface area contributed by atoms with Crippen LogP contribution in [0.3, 0.4) is 0 Å². The summed E-state index contributed by atoms with van der Waals surface area (Å²) in [5.41, 5.74) is 74.6. The van der Waals surface area contributed by atoms with Gasteiger partial charge in [0.25, 0.3) is 6.47 Å². The van der Waals surface area contributed by atoms with Crippen molar-refractivity contribution < 1.29 is 64.9 Å². The Kier molecular flexibility index (Phi) is 43.1. The Balaban J connectivity index is 0.000000455. The number of fused-ring (bicyclic) bond motifs is 6. The van der Waals surface area contributed by atoms with Crippen LogP contribution >= 0.6 is 97.3 Å². The summed E-state index contributed by atoms with van der Waals surface area (Å²) in [7, 11) is 0. The molecule has 0 fully saturated rings. The number of aliphatic hydroxyl groups excluding tert-OH is 4. The van der Waals surface area contributed by atoms with E-state index in [1.165, 1.54) is 34.5 Å². The zero-order valence-corrected chi connectivity index (χ0v) is 73.5. The molecule has 0 aliphatic rings. The summed E-state index contributed by atoms with van der Waals surface area (Å²) in [4.78, 5) is 106. The second kappa shape index (κ2) is 49.3. The number of nitrogens with zero attached hydrogens (tertiary/aromatic N) is 24. The van der Waals surface area contributed by atoms with Gasteiger partial charge in [0.1, 0.15) is 0 Å². The monoisotopic (exact) mass is 1970 g/mol. The molecule has 0 bridgehead atoms. The predicted octanol–water partition coefficient (Wildman–Crippen LogP) is 0.789. The number of aromatic nitrogens is 24. The van der Waals surface area contributed by atoms with Crippen LogP contribution in [-0.4, -0.2) is 153 Å². The van der Waals surface area contributed by atoms with Gasteiger partial charge in [0.15, 0.2) is 102 Å². The van der Waals surface area contributed by atoms with Crippen LogP contribution in [0.4, 0.5) is 70.6 Å².